The maximum absolute atomic E-state index is 12.3. The van der Waals surface area contributed by atoms with Crippen molar-refractivity contribution in [2.45, 2.75) is 16.6 Å². The number of benzene rings is 2. The molecule has 2 aromatic rings. The number of hydrogen-bond donors (Lipinski definition) is 1. The number of sulfone groups is 1. The van der Waals surface area contributed by atoms with Crippen molar-refractivity contribution < 1.29 is 18.3 Å². The minimum absolute atomic E-state index is 0.191. The highest BCUT2D eigenvalue weighted by Crippen LogP contribution is 2.40. The van der Waals surface area contributed by atoms with E-state index in [9.17, 15) is 13.2 Å². The van der Waals surface area contributed by atoms with E-state index in [0.29, 0.717) is 0 Å². The number of carboxylic acids is 1. The van der Waals surface area contributed by atoms with Gasteiger partial charge in [0.05, 0.1) is 16.1 Å². The SMILES string of the molecule is O=C(O)[C@@H]1CC1S(=O)(=O)c1ccc(-c2ccccc2)cc1. The molecule has 4 nitrogen and oxygen atoms in total. The quantitative estimate of drug-likeness (QED) is 0.942. The molecule has 1 unspecified atom stereocenters. The predicted octanol–water partition coefficient (Wildman–Crippen LogP) is 2.60. The second kappa shape index (κ2) is 5.00. The van der Waals surface area contributed by atoms with Gasteiger partial charge in [-0.2, -0.15) is 0 Å². The maximum atomic E-state index is 12.3. The number of carboxylic acid groups (broad SMARTS) is 1. The summed E-state index contributed by atoms with van der Waals surface area (Å²) in [4.78, 5) is 11.0. The van der Waals surface area contributed by atoms with Crippen LogP contribution in [-0.2, 0) is 14.6 Å². The predicted molar refractivity (Wildman–Crippen MR) is 78.6 cm³/mol. The number of rotatable bonds is 4. The van der Waals surface area contributed by atoms with Crippen molar-refractivity contribution in [3.8, 4) is 11.1 Å². The second-order valence-corrected chi connectivity index (χ2v) is 7.32. The highest BCUT2D eigenvalue weighted by Gasteiger charge is 2.52. The maximum Gasteiger partial charge on any atom is 0.307 e. The van der Waals surface area contributed by atoms with Crippen LogP contribution >= 0.6 is 0 Å². The van der Waals surface area contributed by atoms with Crippen LogP contribution in [-0.4, -0.2) is 24.7 Å². The highest BCUT2D eigenvalue weighted by atomic mass is 32.2. The Morgan fingerprint density at radius 3 is 2.05 bits per heavy atom. The zero-order valence-electron chi connectivity index (χ0n) is 11.1. The third kappa shape index (κ3) is 2.56. The minimum atomic E-state index is -3.54. The topological polar surface area (TPSA) is 71.4 Å². The molecule has 5 heteroatoms. The van der Waals surface area contributed by atoms with Gasteiger partial charge in [0.15, 0.2) is 9.84 Å². The lowest BCUT2D eigenvalue weighted by molar-refractivity contribution is -0.138. The molecule has 2 atom stereocenters. The van der Waals surface area contributed by atoms with E-state index in [1.54, 1.807) is 24.3 Å². The molecule has 0 aliphatic heterocycles. The zero-order valence-corrected chi connectivity index (χ0v) is 12.0. The number of carbonyl (C=O) groups is 1. The van der Waals surface area contributed by atoms with Crippen molar-refractivity contribution in [3.05, 3.63) is 54.6 Å². The monoisotopic (exact) mass is 302 g/mol. The molecular formula is C16H14O4S. The molecule has 21 heavy (non-hydrogen) atoms. The van der Waals surface area contributed by atoms with Crippen molar-refractivity contribution in [2.24, 2.45) is 5.92 Å². The van der Waals surface area contributed by atoms with Gasteiger partial charge < -0.3 is 5.11 Å². The molecule has 0 spiro atoms. The molecule has 0 amide bonds. The Bertz CT molecular complexity index is 764. The minimum Gasteiger partial charge on any atom is -0.481 e. The molecule has 1 saturated carbocycles. The van der Waals surface area contributed by atoms with Crippen molar-refractivity contribution >= 4 is 15.8 Å². The third-order valence-corrected chi connectivity index (χ3v) is 5.98. The number of hydrogen-bond acceptors (Lipinski definition) is 3. The lowest BCUT2D eigenvalue weighted by Gasteiger charge is -2.05. The summed E-state index contributed by atoms with van der Waals surface area (Å²) in [6, 6.07) is 16.3. The lowest BCUT2D eigenvalue weighted by atomic mass is 10.1. The third-order valence-electron chi connectivity index (χ3n) is 3.74. The Labute approximate surface area is 123 Å². The van der Waals surface area contributed by atoms with Crippen molar-refractivity contribution in [1.29, 1.82) is 0 Å². The summed E-state index contributed by atoms with van der Waals surface area (Å²) in [5, 5.41) is 8.08. The van der Waals surface area contributed by atoms with Gasteiger partial charge in [-0.25, -0.2) is 8.42 Å². The van der Waals surface area contributed by atoms with Gasteiger partial charge >= 0.3 is 5.97 Å². The number of aliphatic carboxylic acids is 1. The van der Waals surface area contributed by atoms with Crippen LogP contribution in [0.15, 0.2) is 59.5 Å². The first-order valence-electron chi connectivity index (χ1n) is 6.62. The largest absolute Gasteiger partial charge is 0.481 e. The molecular weight excluding hydrogens is 288 g/mol. The second-order valence-electron chi connectivity index (χ2n) is 5.15. The molecule has 3 rings (SSSR count). The average molecular weight is 302 g/mol. The van der Waals surface area contributed by atoms with Gasteiger partial charge in [0.2, 0.25) is 0 Å². The molecule has 0 saturated heterocycles. The molecule has 0 radical (unpaired) electrons. The molecule has 1 N–H and O–H groups in total. The van der Waals surface area contributed by atoms with Gasteiger partial charge in [0, 0.05) is 0 Å². The highest BCUT2D eigenvalue weighted by molar-refractivity contribution is 7.92. The summed E-state index contributed by atoms with van der Waals surface area (Å²) < 4.78 is 24.6. The van der Waals surface area contributed by atoms with E-state index in [4.69, 9.17) is 5.11 Å². The molecule has 1 aliphatic carbocycles. The van der Waals surface area contributed by atoms with Crippen LogP contribution in [0.4, 0.5) is 0 Å². The van der Waals surface area contributed by atoms with Crippen LogP contribution in [0.25, 0.3) is 11.1 Å². The fourth-order valence-corrected chi connectivity index (χ4v) is 4.29. The molecule has 2 aromatic carbocycles. The summed E-state index contributed by atoms with van der Waals surface area (Å²) in [7, 11) is -3.54. The van der Waals surface area contributed by atoms with Crippen LogP contribution in [0.5, 0.6) is 0 Å². The van der Waals surface area contributed by atoms with E-state index >= 15 is 0 Å². The molecule has 108 valence electrons. The average Bonchev–Trinajstić information content (AvgIpc) is 3.30. The van der Waals surface area contributed by atoms with Gasteiger partial charge in [-0.3, -0.25) is 4.79 Å². The Kier molecular flexibility index (Phi) is 3.29. The smallest absolute Gasteiger partial charge is 0.307 e. The Morgan fingerprint density at radius 2 is 1.52 bits per heavy atom. The summed E-state index contributed by atoms with van der Waals surface area (Å²) in [5.74, 6) is -1.80. The summed E-state index contributed by atoms with van der Waals surface area (Å²) in [5.41, 5.74) is 1.94. The fourth-order valence-electron chi connectivity index (χ4n) is 2.42. The van der Waals surface area contributed by atoms with Gasteiger partial charge in [0.1, 0.15) is 0 Å². The first-order valence-corrected chi connectivity index (χ1v) is 8.17. The van der Waals surface area contributed by atoms with Crippen molar-refractivity contribution in [2.75, 3.05) is 0 Å². The Morgan fingerprint density at radius 1 is 0.952 bits per heavy atom. The van der Waals surface area contributed by atoms with E-state index in [2.05, 4.69) is 0 Å². The summed E-state index contributed by atoms with van der Waals surface area (Å²) >= 11 is 0. The first kappa shape index (κ1) is 13.8. The van der Waals surface area contributed by atoms with Gasteiger partial charge in [0.25, 0.3) is 0 Å². The van der Waals surface area contributed by atoms with E-state index < -0.39 is 27.0 Å². The molecule has 0 heterocycles. The summed E-state index contributed by atoms with van der Waals surface area (Å²) in [6.45, 7) is 0. The van der Waals surface area contributed by atoms with E-state index in [-0.39, 0.29) is 11.3 Å². The Balaban J connectivity index is 1.87. The van der Waals surface area contributed by atoms with E-state index in [1.165, 1.54) is 0 Å². The van der Waals surface area contributed by atoms with Gasteiger partial charge in [-0.15, -0.1) is 0 Å². The van der Waals surface area contributed by atoms with E-state index in [0.717, 1.165) is 11.1 Å². The normalized spacial score (nSPS) is 21.0. The van der Waals surface area contributed by atoms with Crippen LogP contribution in [0.3, 0.4) is 0 Å². The van der Waals surface area contributed by atoms with Crippen LogP contribution in [0.2, 0.25) is 0 Å². The van der Waals surface area contributed by atoms with Crippen LogP contribution in [0.1, 0.15) is 6.42 Å². The molecule has 0 aromatic heterocycles. The fraction of sp³-hybridized carbons (Fsp3) is 0.188. The molecule has 0 bridgehead atoms. The standard InChI is InChI=1S/C16H14O4S/c17-16(18)14-10-15(14)21(19,20)13-8-6-12(7-9-13)11-4-2-1-3-5-11/h1-9,14-15H,10H2,(H,17,18)/t14-,15?/m1/s1. The van der Waals surface area contributed by atoms with Crippen LogP contribution in [0, 0.1) is 5.92 Å². The van der Waals surface area contributed by atoms with Gasteiger partial charge in [-0.05, 0) is 29.7 Å². The zero-order chi connectivity index (χ0) is 15.0. The Hall–Kier alpha value is -2.14. The van der Waals surface area contributed by atoms with Gasteiger partial charge in [-0.1, -0.05) is 42.5 Å². The summed E-state index contributed by atoms with van der Waals surface area (Å²) in [6.07, 6.45) is 0.206. The van der Waals surface area contributed by atoms with Crippen molar-refractivity contribution in [3.63, 3.8) is 0 Å². The molecule has 1 fully saturated rings. The van der Waals surface area contributed by atoms with Crippen molar-refractivity contribution in [1.82, 2.24) is 0 Å². The molecule has 1 aliphatic rings. The van der Waals surface area contributed by atoms with Crippen LogP contribution < -0.4 is 0 Å². The lowest BCUT2D eigenvalue weighted by Crippen LogP contribution is -2.13. The first-order chi connectivity index (χ1) is 10.00. The van der Waals surface area contributed by atoms with E-state index in [1.807, 2.05) is 30.3 Å².